The Morgan fingerprint density at radius 3 is 2.82 bits per heavy atom. The third-order valence-corrected chi connectivity index (χ3v) is 1.26. The highest BCUT2D eigenvalue weighted by Crippen LogP contribution is 2.04. The molecule has 58 valence electrons. The summed E-state index contributed by atoms with van der Waals surface area (Å²) < 4.78 is 4.69. The number of methoxy groups -OCH3 is 1. The molecule has 1 heterocycles. The zero-order valence-corrected chi connectivity index (χ0v) is 5.96. The standard InChI is InChI=1S/C7H7NO3/c1-11-7-5(4-9)8-3-2-6(7)10/h2-4H,1H3,(H,8,10). The molecule has 0 fully saturated rings. The molecule has 1 N–H and O–H groups in total. The van der Waals surface area contributed by atoms with Crippen LogP contribution in [0.5, 0.6) is 5.75 Å². The van der Waals surface area contributed by atoms with Crippen molar-refractivity contribution in [2.45, 2.75) is 0 Å². The van der Waals surface area contributed by atoms with Gasteiger partial charge in [0, 0.05) is 12.3 Å². The Bertz CT molecular complexity index is 316. The van der Waals surface area contributed by atoms with Crippen molar-refractivity contribution < 1.29 is 9.53 Å². The number of ether oxygens (including phenoxy) is 1. The van der Waals surface area contributed by atoms with Crippen LogP contribution in [0.15, 0.2) is 17.1 Å². The predicted molar refractivity (Wildman–Crippen MR) is 39.0 cm³/mol. The van der Waals surface area contributed by atoms with E-state index in [9.17, 15) is 9.59 Å². The third-order valence-electron chi connectivity index (χ3n) is 1.26. The highest BCUT2D eigenvalue weighted by Gasteiger charge is 2.03. The molecule has 0 spiro atoms. The van der Waals surface area contributed by atoms with Gasteiger partial charge in [0.25, 0.3) is 0 Å². The van der Waals surface area contributed by atoms with E-state index >= 15 is 0 Å². The van der Waals surface area contributed by atoms with Gasteiger partial charge in [-0.2, -0.15) is 0 Å². The van der Waals surface area contributed by atoms with Gasteiger partial charge in [0.1, 0.15) is 5.69 Å². The molecule has 0 unspecified atom stereocenters. The normalized spacial score (nSPS) is 9.18. The molecule has 11 heavy (non-hydrogen) atoms. The molecule has 0 radical (unpaired) electrons. The summed E-state index contributed by atoms with van der Waals surface area (Å²) in [5, 5.41) is 0. The van der Waals surface area contributed by atoms with Gasteiger partial charge in [0.2, 0.25) is 5.43 Å². The van der Waals surface area contributed by atoms with Crippen LogP contribution in [0.25, 0.3) is 0 Å². The van der Waals surface area contributed by atoms with Crippen LogP contribution in [0.2, 0.25) is 0 Å². The van der Waals surface area contributed by atoms with E-state index in [1.165, 1.54) is 19.4 Å². The Kier molecular flexibility index (Phi) is 2.06. The minimum Gasteiger partial charge on any atom is -0.491 e. The maximum atomic E-state index is 10.9. The molecule has 1 aromatic rings. The Balaban J connectivity index is 3.36. The van der Waals surface area contributed by atoms with Gasteiger partial charge in [0.05, 0.1) is 7.11 Å². The first-order chi connectivity index (χ1) is 5.29. The quantitative estimate of drug-likeness (QED) is 0.617. The Labute approximate surface area is 62.8 Å². The van der Waals surface area contributed by atoms with Crippen LogP contribution < -0.4 is 10.2 Å². The van der Waals surface area contributed by atoms with E-state index in [1.807, 2.05) is 0 Å². The number of carbonyl (C=O) groups excluding carboxylic acids is 1. The van der Waals surface area contributed by atoms with Crippen molar-refractivity contribution in [3.63, 3.8) is 0 Å². The van der Waals surface area contributed by atoms with Crippen molar-refractivity contribution in [1.29, 1.82) is 0 Å². The van der Waals surface area contributed by atoms with Crippen LogP contribution in [0.1, 0.15) is 10.5 Å². The number of carbonyl (C=O) groups is 1. The van der Waals surface area contributed by atoms with Gasteiger partial charge < -0.3 is 9.72 Å². The first-order valence-electron chi connectivity index (χ1n) is 3.00. The van der Waals surface area contributed by atoms with Gasteiger partial charge in [-0.05, 0) is 0 Å². The fourth-order valence-corrected chi connectivity index (χ4v) is 0.779. The van der Waals surface area contributed by atoms with Crippen molar-refractivity contribution in [3.8, 4) is 5.75 Å². The number of hydrogen-bond donors (Lipinski definition) is 1. The fourth-order valence-electron chi connectivity index (χ4n) is 0.779. The first kappa shape index (κ1) is 7.53. The van der Waals surface area contributed by atoms with E-state index in [2.05, 4.69) is 4.98 Å². The number of aldehydes is 1. The minimum absolute atomic E-state index is 0.0579. The molecule has 0 aliphatic rings. The van der Waals surface area contributed by atoms with E-state index in [4.69, 9.17) is 4.74 Å². The zero-order chi connectivity index (χ0) is 8.27. The SMILES string of the molecule is COc1c(C=O)[nH]ccc1=O. The van der Waals surface area contributed by atoms with Crippen LogP contribution >= 0.6 is 0 Å². The highest BCUT2D eigenvalue weighted by molar-refractivity contribution is 5.75. The summed E-state index contributed by atoms with van der Waals surface area (Å²) in [6, 6.07) is 1.30. The number of aromatic amines is 1. The minimum atomic E-state index is -0.298. The molecule has 0 atom stereocenters. The molecule has 0 bridgehead atoms. The van der Waals surface area contributed by atoms with Crippen molar-refractivity contribution in [1.82, 2.24) is 4.98 Å². The van der Waals surface area contributed by atoms with Crippen LogP contribution in [-0.2, 0) is 0 Å². The van der Waals surface area contributed by atoms with Crippen LogP contribution in [-0.4, -0.2) is 18.4 Å². The first-order valence-corrected chi connectivity index (χ1v) is 3.00. The van der Waals surface area contributed by atoms with Crippen molar-refractivity contribution in [2.75, 3.05) is 7.11 Å². The number of nitrogens with one attached hydrogen (secondary N) is 1. The summed E-state index contributed by atoms with van der Waals surface area (Å²) in [6.07, 6.45) is 1.94. The van der Waals surface area contributed by atoms with E-state index in [-0.39, 0.29) is 16.9 Å². The Morgan fingerprint density at radius 1 is 1.64 bits per heavy atom. The third kappa shape index (κ3) is 1.29. The van der Waals surface area contributed by atoms with Crippen LogP contribution in [0.4, 0.5) is 0 Å². The van der Waals surface area contributed by atoms with E-state index in [1.54, 1.807) is 0 Å². The summed E-state index contributed by atoms with van der Waals surface area (Å²) in [4.78, 5) is 23.8. The van der Waals surface area contributed by atoms with Gasteiger partial charge in [-0.1, -0.05) is 0 Å². The lowest BCUT2D eigenvalue weighted by atomic mass is 10.3. The lowest BCUT2D eigenvalue weighted by Crippen LogP contribution is -2.07. The highest BCUT2D eigenvalue weighted by atomic mass is 16.5. The molecule has 0 saturated carbocycles. The van der Waals surface area contributed by atoms with E-state index < -0.39 is 0 Å². The maximum Gasteiger partial charge on any atom is 0.224 e. The van der Waals surface area contributed by atoms with Crippen molar-refractivity contribution in [2.24, 2.45) is 0 Å². The summed E-state index contributed by atoms with van der Waals surface area (Å²) >= 11 is 0. The van der Waals surface area contributed by atoms with Crippen LogP contribution in [0, 0.1) is 0 Å². The number of pyridine rings is 1. The fraction of sp³-hybridized carbons (Fsp3) is 0.143. The van der Waals surface area contributed by atoms with Crippen LogP contribution in [0.3, 0.4) is 0 Å². The maximum absolute atomic E-state index is 10.9. The van der Waals surface area contributed by atoms with Crippen molar-refractivity contribution in [3.05, 3.63) is 28.2 Å². The summed E-state index contributed by atoms with van der Waals surface area (Å²) in [5.74, 6) is 0.0579. The van der Waals surface area contributed by atoms with Gasteiger partial charge >= 0.3 is 0 Å². The Morgan fingerprint density at radius 2 is 2.36 bits per heavy atom. The monoisotopic (exact) mass is 153 g/mol. The number of H-pyrrole nitrogens is 1. The zero-order valence-electron chi connectivity index (χ0n) is 5.96. The molecule has 0 aliphatic heterocycles. The van der Waals surface area contributed by atoms with E-state index in [0.29, 0.717) is 6.29 Å². The predicted octanol–water partition coefficient (Wildman–Crippen LogP) is 0.196. The molecule has 0 amide bonds. The molecule has 4 nitrogen and oxygen atoms in total. The average molecular weight is 153 g/mol. The van der Waals surface area contributed by atoms with Gasteiger partial charge in [0.15, 0.2) is 12.0 Å². The second kappa shape index (κ2) is 3.01. The summed E-state index contributed by atoms with van der Waals surface area (Å²) in [7, 11) is 1.34. The molecule has 0 aliphatic carbocycles. The summed E-state index contributed by atoms with van der Waals surface area (Å²) in [6.45, 7) is 0. The molecule has 4 heteroatoms. The molecular weight excluding hydrogens is 146 g/mol. The molecule has 1 aromatic heterocycles. The topological polar surface area (TPSA) is 59.2 Å². The average Bonchev–Trinajstić information content (AvgIpc) is 2.04. The largest absolute Gasteiger partial charge is 0.491 e. The smallest absolute Gasteiger partial charge is 0.224 e. The molecular formula is C7H7NO3. The number of hydrogen-bond acceptors (Lipinski definition) is 3. The van der Waals surface area contributed by atoms with E-state index in [0.717, 1.165) is 0 Å². The number of rotatable bonds is 2. The number of aromatic nitrogens is 1. The molecule has 1 rings (SSSR count). The lowest BCUT2D eigenvalue weighted by molar-refractivity contribution is 0.111. The second-order valence-electron chi connectivity index (χ2n) is 1.91. The lowest BCUT2D eigenvalue weighted by Gasteiger charge is -1.99. The van der Waals surface area contributed by atoms with Gasteiger partial charge in [-0.25, -0.2) is 0 Å². The molecule has 0 saturated heterocycles. The second-order valence-corrected chi connectivity index (χ2v) is 1.91. The van der Waals surface area contributed by atoms with Gasteiger partial charge in [-0.3, -0.25) is 9.59 Å². The summed E-state index contributed by atoms with van der Waals surface area (Å²) in [5.41, 5.74) is -0.131. The van der Waals surface area contributed by atoms with Gasteiger partial charge in [-0.15, -0.1) is 0 Å². The molecule has 0 aromatic carbocycles. The Hall–Kier alpha value is -1.58. The van der Waals surface area contributed by atoms with Crippen molar-refractivity contribution >= 4 is 6.29 Å².